The van der Waals surface area contributed by atoms with Gasteiger partial charge in [0.2, 0.25) is 0 Å². The molecule has 0 aliphatic carbocycles. The van der Waals surface area contributed by atoms with Gasteiger partial charge in [-0.2, -0.15) is 0 Å². The van der Waals surface area contributed by atoms with Crippen molar-refractivity contribution >= 4 is 23.3 Å². The van der Waals surface area contributed by atoms with Gasteiger partial charge in [-0.05, 0) is 37.4 Å². The molecule has 2 aliphatic heterocycles. The Morgan fingerprint density at radius 2 is 2.06 bits per heavy atom. The van der Waals surface area contributed by atoms with Gasteiger partial charge in [0.25, 0.3) is 0 Å². The van der Waals surface area contributed by atoms with E-state index in [1.807, 2.05) is 0 Å². The van der Waals surface area contributed by atoms with E-state index in [2.05, 4.69) is 34.1 Å². The van der Waals surface area contributed by atoms with Crippen LogP contribution in [-0.4, -0.2) is 22.5 Å². The number of rotatable bonds is 0. The molecule has 0 bridgehead atoms. The third-order valence-corrected chi connectivity index (χ3v) is 4.45. The summed E-state index contributed by atoms with van der Waals surface area (Å²) in [5.41, 5.74) is 4.37. The van der Waals surface area contributed by atoms with E-state index >= 15 is 0 Å². The summed E-state index contributed by atoms with van der Waals surface area (Å²) in [6, 6.07) is 9.55. The van der Waals surface area contributed by atoms with Crippen LogP contribution in [0.1, 0.15) is 30.5 Å². The van der Waals surface area contributed by atoms with Crippen molar-refractivity contribution in [1.82, 2.24) is 9.88 Å². The number of H-pyrrole nitrogens is 1. The van der Waals surface area contributed by atoms with Crippen LogP contribution in [0.25, 0.3) is 10.9 Å². The standard InChI is InChI=1S/C15H18N2.ClH/c1-2-7-14-12(6-1)13-9-11-5-3-4-8-17(11)10-15(13)16-14;/h1-2,6-7,11,16H,3-5,8-10H2;1H. The van der Waals surface area contributed by atoms with Crippen molar-refractivity contribution in [2.45, 2.75) is 38.3 Å². The molecule has 4 rings (SSSR count). The molecule has 1 N–H and O–H groups in total. The van der Waals surface area contributed by atoms with E-state index in [1.54, 1.807) is 5.56 Å². The number of piperidine rings is 1. The summed E-state index contributed by atoms with van der Waals surface area (Å²) in [7, 11) is 0. The second kappa shape index (κ2) is 4.60. The topological polar surface area (TPSA) is 19.0 Å². The van der Waals surface area contributed by atoms with E-state index < -0.39 is 0 Å². The van der Waals surface area contributed by atoms with Crippen molar-refractivity contribution < 1.29 is 0 Å². The molecule has 3 heterocycles. The molecule has 3 heteroatoms. The fraction of sp³-hybridized carbons (Fsp3) is 0.467. The van der Waals surface area contributed by atoms with Crippen molar-refractivity contribution in [3.05, 3.63) is 35.5 Å². The van der Waals surface area contributed by atoms with Crippen molar-refractivity contribution in [1.29, 1.82) is 0 Å². The fourth-order valence-corrected chi connectivity index (χ4v) is 3.56. The molecule has 0 saturated carbocycles. The van der Waals surface area contributed by atoms with Crippen LogP contribution in [0.3, 0.4) is 0 Å². The maximum absolute atomic E-state index is 3.61. The van der Waals surface area contributed by atoms with Gasteiger partial charge in [0, 0.05) is 29.2 Å². The predicted molar refractivity (Wildman–Crippen MR) is 77.3 cm³/mol. The van der Waals surface area contributed by atoms with E-state index in [0.29, 0.717) is 0 Å². The Kier molecular flexibility index (Phi) is 3.08. The van der Waals surface area contributed by atoms with Crippen LogP contribution in [0, 0.1) is 0 Å². The summed E-state index contributed by atoms with van der Waals surface area (Å²) in [6.45, 7) is 2.42. The zero-order chi connectivity index (χ0) is 11.2. The lowest BCUT2D eigenvalue weighted by molar-refractivity contribution is 0.126. The quantitative estimate of drug-likeness (QED) is 0.770. The minimum Gasteiger partial charge on any atom is -0.357 e. The van der Waals surface area contributed by atoms with Crippen LogP contribution in [-0.2, 0) is 13.0 Å². The third-order valence-electron chi connectivity index (χ3n) is 4.45. The van der Waals surface area contributed by atoms with Crippen LogP contribution in [0.15, 0.2) is 24.3 Å². The van der Waals surface area contributed by atoms with Crippen LogP contribution >= 0.6 is 12.4 Å². The largest absolute Gasteiger partial charge is 0.357 e. The highest BCUT2D eigenvalue weighted by Gasteiger charge is 2.30. The van der Waals surface area contributed by atoms with Gasteiger partial charge in [0.15, 0.2) is 0 Å². The fourth-order valence-electron chi connectivity index (χ4n) is 3.56. The molecule has 1 aromatic heterocycles. The Balaban J connectivity index is 0.000001000. The third kappa shape index (κ3) is 1.75. The number of nitrogens with zero attached hydrogens (tertiary/aromatic N) is 1. The first kappa shape index (κ1) is 12.1. The first-order valence-electron chi connectivity index (χ1n) is 6.74. The van der Waals surface area contributed by atoms with E-state index in [9.17, 15) is 0 Å². The maximum atomic E-state index is 3.61. The molecule has 18 heavy (non-hydrogen) atoms. The van der Waals surface area contributed by atoms with Gasteiger partial charge in [-0.1, -0.05) is 24.6 Å². The molecule has 1 aromatic carbocycles. The molecule has 0 amide bonds. The molecule has 96 valence electrons. The molecule has 2 nitrogen and oxygen atoms in total. The lowest BCUT2D eigenvalue weighted by atomic mass is 9.90. The smallest absolute Gasteiger partial charge is 0.0459 e. The number of aromatic amines is 1. The van der Waals surface area contributed by atoms with Crippen LogP contribution in [0.4, 0.5) is 0 Å². The van der Waals surface area contributed by atoms with Crippen molar-refractivity contribution in [2.75, 3.05) is 6.54 Å². The van der Waals surface area contributed by atoms with E-state index in [-0.39, 0.29) is 12.4 Å². The number of benzene rings is 1. The lowest BCUT2D eigenvalue weighted by Crippen LogP contribution is -2.43. The molecule has 1 atom stereocenters. The Bertz CT molecular complexity index is 561. The molecule has 0 spiro atoms. The number of halogens is 1. The summed E-state index contributed by atoms with van der Waals surface area (Å²) in [4.78, 5) is 6.28. The number of fused-ring (bicyclic) bond motifs is 4. The molecular formula is C15H19ClN2. The lowest BCUT2D eigenvalue weighted by Gasteiger charge is -2.39. The number of nitrogens with one attached hydrogen (secondary N) is 1. The number of hydrogen-bond acceptors (Lipinski definition) is 1. The van der Waals surface area contributed by atoms with E-state index in [4.69, 9.17) is 0 Å². The number of hydrogen-bond donors (Lipinski definition) is 1. The highest BCUT2D eigenvalue weighted by Crippen LogP contribution is 2.33. The van der Waals surface area contributed by atoms with Gasteiger partial charge >= 0.3 is 0 Å². The first-order chi connectivity index (χ1) is 8.42. The van der Waals surface area contributed by atoms with Gasteiger partial charge in [0.05, 0.1) is 0 Å². The summed E-state index contributed by atoms with van der Waals surface area (Å²) in [5, 5.41) is 1.45. The Morgan fingerprint density at radius 3 is 3.00 bits per heavy atom. The highest BCUT2D eigenvalue weighted by atomic mass is 35.5. The van der Waals surface area contributed by atoms with Gasteiger partial charge in [-0.15, -0.1) is 12.4 Å². The predicted octanol–water partition coefficient (Wildman–Crippen LogP) is 3.50. The van der Waals surface area contributed by atoms with Crippen LogP contribution in [0.2, 0.25) is 0 Å². The van der Waals surface area contributed by atoms with Gasteiger partial charge in [0.1, 0.15) is 0 Å². The molecule has 1 unspecified atom stereocenters. The number of aromatic nitrogens is 1. The Hall–Kier alpha value is -0.990. The minimum atomic E-state index is 0. The SMILES string of the molecule is Cl.c1ccc2c3c([nH]c2c1)CN1CCCCC1C3. The second-order valence-corrected chi connectivity index (χ2v) is 5.45. The summed E-state index contributed by atoms with van der Waals surface area (Å²) in [5.74, 6) is 0. The summed E-state index contributed by atoms with van der Waals surface area (Å²) < 4.78 is 0. The minimum absolute atomic E-state index is 0. The summed E-state index contributed by atoms with van der Waals surface area (Å²) >= 11 is 0. The van der Waals surface area contributed by atoms with Gasteiger partial charge in [-0.25, -0.2) is 0 Å². The molecule has 1 fully saturated rings. The molecule has 1 saturated heterocycles. The average Bonchev–Trinajstić information content (AvgIpc) is 2.73. The van der Waals surface area contributed by atoms with Crippen LogP contribution in [0.5, 0.6) is 0 Å². The van der Waals surface area contributed by atoms with E-state index in [0.717, 1.165) is 12.6 Å². The Morgan fingerprint density at radius 1 is 1.17 bits per heavy atom. The Labute approximate surface area is 114 Å². The van der Waals surface area contributed by atoms with Crippen LogP contribution < -0.4 is 0 Å². The zero-order valence-electron chi connectivity index (χ0n) is 10.5. The maximum Gasteiger partial charge on any atom is 0.0459 e. The van der Waals surface area contributed by atoms with Crippen molar-refractivity contribution in [3.63, 3.8) is 0 Å². The van der Waals surface area contributed by atoms with Crippen molar-refractivity contribution in [2.24, 2.45) is 0 Å². The van der Waals surface area contributed by atoms with Gasteiger partial charge < -0.3 is 4.98 Å². The zero-order valence-corrected chi connectivity index (χ0v) is 11.3. The first-order valence-corrected chi connectivity index (χ1v) is 6.74. The molecular weight excluding hydrogens is 244 g/mol. The molecule has 0 radical (unpaired) electrons. The summed E-state index contributed by atoms with van der Waals surface area (Å²) in [6.07, 6.45) is 5.43. The average molecular weight is 263 g/mol. The molecule has 2 aromatic rings. The van der Waals surface area contributed by atoms with Gasteiger partial charge in [-0.3, -0.25) is 4.90 Å². The highest BCUT2D eigenvalue weighted by molar-refractivity contribution is 5.85. The van der Waals surface area contributed by atoms with E-state index in [1.165, 1.54) is 48.8 Å². The monoisotopic (exact) mass is 262 g/mol. The molecule has 2 aliphatic rings. The number of para-hydroxylation sites is 1. The second-order valence-electron chi connectivity index (χ2n) is 5.45. The van der Waals surface area contributed by atoms with Crippen molar-refractivity contribution in [3.8, 4) is 0 Å². The normalized spacial score (nSPS) is 23.2.